The first-order valence-electron chi connectivity index (χ1n) is 6.38. The number of fused-ring (bicyclic) bond motifs is 1. The normalized spacial score (nSPS) is 16.3. The molecule has 1 aliphatic heterocycles. The monoisotopic (exact) mass is 336 g/mol. The van der Waals surface area contributed by atoms with Gasteiger partial charge in [-0.3, -0.25) is 0 Å². The molecular formula is C16H10Cl2O4. The van der Waals surface area contributed by atoms with Crippen molar-refractivity contribution in [3.8, 4) is 5.75 Å². The smallest absolute Gasteiger partial charge is 0.477 e. The van der Waals surface area contributed by atoms with E-state index in [1.807, 2.05) is 12.1 Å². The Morgan fingerprint density at radius 2 is 1.91 bits per heavy atom. The maximum atomic E-state index is 10.9. The van der Waals surface area contributed by atoms with Gasteiger partial charge in [0.15, 0.2) is 11.9 Å². The van der Waals surface area contributed by atoms with Gasteiger partial charge in [0.2, 0.25) is 0 Å². The van der Waals surface area contributed by atoms with Gasteiger partial charge < -0.3 is 14.6 Å². The van der Waals surface area contributed by atoms with Crippen molar-refractivity contribution in [2.75, 3.05) is 0 Å². The molecule has 2 aromatic carbocycles. The van der Waals surface area contributed by atoms with Crippen LogP contribution >= 0.6 is 23.2 Å². The maximum Gasteiger partial charge on any atom is 0.511 e. The first kappa shape index (κ1) is 14.8. The second-order valence-electron chi connectivity index (χ2n) is 4.59. The van der Waals surface area contributed by atoms with Crippen LogP contribution in [0.3, 0.4) is 0 Å². The highest BCUT2D eigenvalue weighted by molar-refractivity contribution is 6.42. The number of halogens is 2. The van der Waals surface area contributed by atoms with Crippen LogP contribution in [0.15, 0.2) is 48.2 Å². The van der Waals surface area contributed by atoms with Gasteiger partial charge in [-0.05, 0) is 18.2 Å². The summed E-state index contributed by atoms with van der Waals surface area (Å²) in [4.78, 5) is 10.9. The second-order valence-corrected chi connectivity index (χ2v) is 5.38. The van der Waals surface area contributed by atoms with E-state index < -0.39 is 12.3 Å². The standard InChI is InChI=1S/C16H10Cl2O4/c17-11-6-3-5-10(14(11)18)15-13(22-16(19)20)8-9-4-1-2-7-12(9)21-15/h1-8,15H,(H,19,20). The van der Waals surface area contributed by atoms with Crippen molar-refractivity contribution in [2.24, 2.45) is 0 Å². The summed E-state index contributed by atoms with van der Waals surface area (Å²) in [5.41, 5.74) is 1.27. The molecule has 0 fully saturated rings. The Morgan fingerprint density at radius 3 is 2.68 bits per heavy atom. The SMILES string of the molecule is O=C(O)OC1=Cc2ccccc2OC1c1cccc(Cl)c1Cl. The third-order valence-electron chi connectivity index (χ3n) is 3.19. The predicted molar refractivity (Wildman–Crippen MR) is 83.4 cm³/mol. The minimum Gasteiger partial charge on any atom is -0.477 e. The maximum absolute atomic E-state index is 10.9. The minimum atomic E-state index is -1.42. The molecule has 2 aromatic rings. The number of hydrogen-bond donors (Lipinski definition) is 1. The van der Waals surface area contributed by atoms with E-state index in [2.05, 4.69) is 0 Å². The van der Waals surface area contributed by atoms with Crippen LogP contribution < -0.4 is 4.74 Å². The molecule has 1 heterocycles. The van der Waals surface area contributed by atoms with Crippen molar-refractivity contribution >= 4 is 35.4 Å². The lowest BCUT2D eigenvalue weighted by molar-refractivity contribution is 0.0900. The zero-order valence-electron chi connectivity index (χ0n) is 11.1. The fourth-order valence-electron chi connectivity index (χ4n) is 2.24. The lowest BCUT2D eigenvalue weighted by atomic mass is 10.0. The van der Waals surface area contributed by atoms with Gasteiger partial charge in [-0.15, -0.1) is 0 Å². The van der Waals surface area contributed by atoms with E-state index in [0.717, 1.165) is 5.56 Å². The Hall–Kier alpha value is -2.17. The highest BCUT2D eigenvalue weighted by atomic mass is 35.5. The first-order valence-corrected chi connectivity index (χ1v) is 7.14. The molecule has 4 nitrogen and oxygen atoms in total. The molecule has 1 aliphatic rings. The molecule has 3 rings (SSSR count). The molecule has 0 bridgehead atoms. The van der Waals surface area contributed by atoms with Crippen LogP contribution in [-0.2, 0) is 4.74 Å². The molecule has 0 saturated carbocycles. The summed E-state index contributed by atoms with van der Waals surface area (Å²) >= 11 is 12.2. The highest BCUT2D eigenvalue weighted by Gasteiger charge is 2.29. The Bertz CT molecular complexity index is 770. The molecule has 112 valence electrons. The molecule has 22 heavy (non-hydrogen) atoms. The van der Waals surface area contributed by atoms with Crippen molar-refractivity contribution in [1.29, 1.82) is 0 Å². The summed E-state index contributed by atoms with van der Waals surface area (Å²) in [5, 5.41) is 9.58. The largest absolute Gasteiger partial charge is 0.511 e. The Kier molecular flexibility index (Phi) is 3.96. The summed E-state index contributed by atoms with van der Waals surface area (Å²) in [5.74, 6) is 0.747. The average Bonchev–Trinajstić information content (AvgIpc) is 2.49. The van der Waals surface area contributed by atoms with Gasteiger partial charge in [0.25, 0.3) is 0 Å². The molecule has 0 aliphatic carbocycles. The van der Waals surface area contributed by atoms with Gasteiger partial charge in [-0.2, -0.15) is 0 Å². The number of benzene rings is 2. The number of hydrogen-bond acceptors (Lipinski definition) is 3. The van der Waals surface area contributed by atoms with Gasteiger partial charge in [-0.25, -0.2) is 4.79 Å². The predicted octanol–water partition coefficient (Wildman–Crippen LogP) is 5.16. The van der Waals surface area contributed by atoms with Crippen LogP contribution in [0.25, 0.3) is 6.08 Å². The Balaban J connectivity index is 2.10. The summed E-state index contributed by atoms with van der Waals surface area (Å²) in [6, 6.07) is 12.3. The van der Waals surface area contributed by atoms with Crippen LogP contribution in [0.1, 0.15) is 17.2 Å². The Morgan fingerprint density at radius 1 is 1.14 bits per heavy atom. The summed E-state index contributed by atoms with van der Waals surface area (Å²) in [6.07, 6.45) is -0.580. The van der Waals surface area contributed by atoms with Crippen LogP contribution in [0.4, 0.5) is 4.79 Å². The van der Waals surface area contributed by atoms with E-state index >= 15 is 0 Å². The third kappa shape index (κ3) is 2.75. The topological polar surface area (TPSA) is 55.8 Å². The number of para-hydroxylation sites is 1. The Labute approximate surface area is 136 Å². The zero-order valence-corrected chi connectivity index (χ0v) is 12.6. The molecule has 0 amide bonds. The fourth-order valence-corrected chi connectivity index (χ4v) is 2.65. The molecule has 0 radical (unpaired) electrons. The number of rotatable bonds is 2. The quantitative estimate of drug-likeness (QED) is 0.769. The van der Waals surface area contributed by atoms with Crippen molar-refractivity contribution in [3.05, 3.63) is 69.4 Å². The number of carboxylic acid groups (broad SMARTS) is 1. The molecule has 0 spiro atoms. The molecular weight excluding hydrogens is 327 g/mol. The molecule has 0 aromatic heterocycles. The van der Waals surface area contributed by atoms with E-state index in [1.54, 1.807) is 36.4 Å². The van der Waals surface area contributed by atoms with Crippen molar-refractivity contribution in [1.82, 2.24) is 0 Å². The third-order valence-corrected chi connectivity index (χ3v) is 4.02. The fraction of sp³-hybridized carbons (Fsp3) is 0.0625. The highest BCUT2D eigenvalue weighted by Crippen LogP contribution is 2.41. The minimum absolute atomic E-state index is 0.135. The van der Waals surface area contributed by atoms with Crippen LogP contribution in [0.2, 0.25) is 10.0 Å². The molecule has 1 atom stereocenters. The zero-order chi connectivity index (χ0) is 15.7. The molecule has 1 unspecified atom stereocenters. The lowest BCUT2D eigenvalue weighted by Gasteiger charge is -2.26. The van der Waals surface area contributed by atoms with Gasteiger partial charge in [-0.1, -0.05) is 53.5 Å². The van der Waals surface area contributed by atoms with Crippen LogP contribution in [0.5, 0.6) is 5.75 Å². The number of ether oxygens (including phenoxy) is 2. The summed E-state index contributed by atoms with van der Waals surface area (Å²) in [7, 11) is 0. The van der Waals surface area contributed by atoms with Gasteiger partial charge in [0.1, 0.15) is 5.75 Å². The van der Waals surface area contributed by atoms with Gasteiger partial charge in [0.05, 0.1) is 10.0 Å². The molecule has 1 N–H and O–H groups in total. The average molecular weight is 337 g/mol. The first-order chi connectivity index (χ1) is 10.6. The van der Waals surface area contributed by atoms with Crippen LogP contribution in [-0.4, -0.2) is 11.3 Å². The van der Waals surface area contributed by atoms with Gasteiger partial charge in [0, 0.05) is 11.1 Å². The van der Waals surface area contributed by atoms with Crippen molar-refractivity contribution in [3.63, 3.8) is 0 Å². The van der Waals surface area contributed by atoms with Crippen molar-refractivity contribution < 1.29 is 19.4 Å². The molecule has 0 saturated heterocycles. The second kappa shape index (κ2) is 5.91. The van der Waals surface area contributed by atoms with E-state index in [0.29, 0.717) is 21.4 Å². The number of carbonyl (C=O) groups is 1. The van der Waals surface area contributed by atoms with E-state index in [4.69, 9.17) is 37.8 Å². The van der Waals surface area contributed by atoms with E-state index in [9.17, 15) is 4.79 Å². The molecule has 6 heteroatoms. The summed E-state index contributed by atoms with van der Waals surface area (Å²) in [6.45, 7) is 0. The van der Waals surface area contributed by atoms with Crippen molar-refractivity contribution in [2.45, 2.75) is 6.10 Å². The lowest BCUT2D eigenvalue weighted by Crippen LogP contribution is -2.18. The van der Waals surface area contributed by atoms with E-state index in [-0.39, 0.29) is 5.76 Å². The van der Waals surface area contributed by atoms with Crippen LogP contribution in [0, 0.1) is 0 Å². The van der Waals surface area contributed by atoms with Gasteiger partial charge >= 0.3 is 6.16 Å². The van der Waals surface area contributed by atoms with E-state index in [1.165, 1.54) is 0 Å². The summed E-state index contributed by atoms with van der Waals surface area (Å²) < 4.78 is 10.7.